The van der Waals surface area contributed by atoms with Gasteiger partial charge in [-0.1, -0.05) is 26.0 Å². The van der Waals surface area contributed by atoms with Gasteiger partial charge >= 0.3 is 5.97 Å². The molecule has 0 radical (unpaired) electrons. The Morgan fingerprint density at radius 1 is 1.24 bits per heavy atom. The number of anilines is 1. The van der Waals surface area contributed by atoms with E-state index in [1.807, 2.05) is 13.8 Å². The Hall–Kier alpha value is -2.73. The van der Waals surface area contributed by atoms with Gasteiger partial charge in [-0.15, -0.1) is 0 Å². The highest BCUT2D eigenvalue weighted by Crippen LogP contribution is 2.31. The number of rotatable bonds is 11. The fourth-order valence-corrected chi connectivity index (χ4v) is 3.57. The van der Waals surface area contributed by atoms with Crippen molar-refractivity contribution in [3.63, 3.8) is 0 Å². The number of aliphatic hydroxyl groups is 2. The predicted molar refractivity (Wildman–Crippen MR) is 122 cm³/mol. The second-order valence-electron chi connectivity index (χ2n) is 7.88. The van der Waals surface area contributed by atoms with Gasteiger partial charge in [0, 0.05) is 24.6 Å². The van der Waals surface area contributed by atoms with Crippen LogP contribution in [0.1, 0.15) is 43.9 Å². The Labute approximate surface area is 193 Å². The first-order valence-corrected chi connectivity index (χ1v) is 11.4. The highest BCUT2D eigenvalue weighted by Gasteiger charge is 2.19. The summed E-state index contributed by atoms with van der Waals surface area (Å²) in [6.45, 7) is 3.77. The summed E-state index contributed by atoms with van der Waals surface area (Å²) in [5.41, 5.74) is 2.06. The normalized spacial score (nSPS) is 14.4. The van der Waals surface area contributed by atoms with Crippen LogP contribution < -0.4 is 4.90 Å². The molecule has 9 nitrogen and oxygen atoms in total. The van der Waals surface area contributed by atoms with Crippen LogP contribution in [0.15, 0.2) is 30.3 Å². The van der Waals surface area contributed by atoms with Crippen LogP contribution in [0.3, 0.4) is 0 Å². The SMILES string of the molecule is CC(C)c1nc(N(C)CS(=O)[O-])nc(-c2ccc(F)cc2)c1C=C[C@@H](O)C[C@@H](O)CC(=O)O. The van der Waals surface area contributed by atoms with Gasteiger partial charge in [0.2, 0.25) is 5.95 Å². The van der Waals surface area contributed by atoms with Gasteiger partial charge in [0.15, 0.2) is 0 Å². The van der Waals surface area contributed by atoms with E-state index in [1.165, 1.54) is 42.3 Å². The number of hydrogen-bond acceptors (Lipinski definition) is 8. The predicted octanol–water partition coefficient (Wildman–Crippen LogP) is 2.28. The number of benzene rings is 1. The maximum Gasteiger partial charge on any atom is 0.305 e. The van der Waals surface area contributed by atoms with E-state index in [1.54, 1.807) is 6.08 Å². The molecular formula is C22H27FN3O6S-. The first kappa shape index (κ1) is 26.5. The van der Waals surface area contributed by atoms with Crippen molar-refractivity contribution in [2.45, 2.75) is 44.8 Å². The molecule has 0 saturated carbocycles. The minimum Gasteiger partial charge on any atom is -0.771 e. The second-order valence-corrected chi connectivity index (χ2v) is 8.74. The monoisotopic (exact) mass is 480 g/mol. The number of hydrogen-bond donors (Lipinski definition) is 3. The second kappa shape index (κ2) is 11.9. The van der Waals surface area contributed by atoms with E-state index in [-0.39, 0.29) is 24.2 Å². The zero-order valence-corrected chi connectivity index (χ0v) is 19.3. The van der Waals surface area contributed by atoms with Crippen molar-refractivity contribution >= 4 is 29.1 Å². The van der Waals surface area contributed by atoms with Crippen LogP contribution in [-0.4, -0.2) is 65.2 Å². The molecule has 0 amide bonds. The van der Waals surface area contributed by atoms with Gasteiger partial charge in [0.25, 0.3) is 0 Å². The molecule has 2 aromatic rings. The number of halogens is 1. The van der Waals surface area contributed by atoms with Crippen LogP contribution in [0.5, 0.6) is 0 Å². The lowest BCUT2D eigenvalue weighted by atomic mass is 9.97. The molecule has 3 atom stereocenters. The van der Waals surface area contributed by atoms with Crippen molar-refractivity contribution in [3.05, 3.63) is 47.4 Å². The third-order valence-corrected chi connectivity index (χ3v) is 5.28. The van der Waals surface area contributed by atoms with E-state index in [2.05, 4.69) is 9.97 Å². The topological polar surface area (TPSA) is 147 Å². The first-order chi connectivity index (χ1) is 15.5. The summed E-state index contributed by atoms with van der Waals surface area (Å²) in [6, 6.07) is 5.60. The van der Waals surface area contributed by atoms with Crippen molar-refractivity contribution in [1.29, 1.82) is 0 Å². The Bertz CT molecular complexity index is 1020. The minimum atomic E-state index is -2.36. The lowest BCUT2D eigenvalue weighted by Crippen LogP contribution is -2.25. The van der Waals surface area contributed by atoms with Gasteiger partial charge < -0.3 is 24.8 Å². The summed E-state index contributed by atoms with van der Waals surface area (Å²) in [5, 5.41) is 28.8. The van der Waals surface area contributed by atoms with Crippen LogP contribution in [-0.2, 0) is 15.9 Å². The Morgan fingerprint density at radius 2 is 1.88 bits per heavy atom. The van der Waals surface area contributed by atoms with Crippen LogP contribution in [0.4, 0.5) is 10.3 Å². The fraction of sp³-hybridized carbons (Fsp3) is 0.409. The highest BCUT2D eigenvalue weighted by atomic mass is 32.2. The summed E-state index contributed by atoms with van der Waals surface area (Å²) in [5.74, 6) is -1.89. The molecule has 180 valence electrons. The summed E-state index contributed by atoms with van der Waals surface area (Å²) in [6.07, 6.45) is -0.0497. The number of carboxylic acids is 1. The molecule has 0 saturated heterocycles. The van der Waals surface area contributed by atoms with E-state index in [0.29, 0.717) is 22.5 Å². The molecule has 3 N–H and O–H groups in total. The molecule has 2 rings (SSSR count). The summed E-state index contributed by atoms with van der Waals surface area (Å²) < 4.78 is 35.8. The van der Waals surface area contributed by atoms with Crippen molar-refractivity contribution in [3.8, 4) is 11.3 Å². The molecular weight excluding hydrogens is 453 g/mol. The van der Waals surface area contributed by atoms with Gasteiger partial charge in [-0.3, -0.25) is 9.00 Å². The molecule has 0 aliphatic heterocycles. The van der Waals surface area contributed by atoms with Crippen molar-refractivity contribution < 1.29 is 33.3 Å². The maximum absolute atomic E-state index is 13.5. The average Bonchev–Trinajstić information content (AvgIpc) is 2.71. The molecule has 0 bridgehead atoms. The third-order valence-electron chi connectivity index (χ3n) is 4.68. The smallest absolute Gasteiger partial charge is 0.305 e. The van der Waals surface area contributed by atoms with Crippen LogP contribution >= 0.6 is 0 Å². The molecule has 1 aromatic heterocycles. The molecule has 0 aliphatic carbocycles. The Morgan fingerprint density at radius 3 is 2.42 bits per heavy atom. The highest BCUT2D eigenvalue weighted by molar-refractivity contribution is 7.79. The van der Waals surface area contributed by atoms with E-state index in [9.17, 15) is 28.2 Å². The number of carboxylic acid groups (broad SMARTS) is 1. The number of aliphatic carboxylic acids is 1. The molecule has 0 aliphatic rings. The van der Waals surface area contributed by atoms with Crippen molar-refractivity contribution in [1.82, 2.24) is 9.97 Å². The zero-order valence-electron chi connectivity index (χ0n) is 18.5. The summed E-state index contributed by atoms with van der Waals surface area (Å²) in [4.78, 5) is 21.1. The average molecular weight is 481 g/mol. The molecule has 11 heteroatoms. The van der Waals surface area contributed by atoms with E-state index in [4.69, 9.17) is 5.11 Å². The van der Waals surface area contributed by atoms with E-state index in [0.717, 1.165) is 0 Å². The number of aromatic nitrogens is 2. The Balaban J connectivity index is 2.55. The van der Waals surface area contributed by atoms with Gasteiger partial charge in [0.05, 0.1) is 35.9 Å². The summed E-state index contributed by atoms with van der Waals surface area (Å²) in [7, 11) is 1.53. The van der Waals surface area contributed by atoms with Gasteiger partial charge in [-0.2, -0.15) is 0 Å². The number of nitrogens with zero attached hydrogens (tertiary/aromatic N) is 3. The maximum atomic E-state index is 13.5. The molecule has 0 fully saturated rings. The molecule has 1 unspecified atom stereocenters. The van der Waals surface area contributed by atoms with Crippen LogP contribution in [0, 0.1) is 5.82 Å². The molecule has 33 heavy (non-hydrogen) atoms. The van der Waals surface area contributed by atoms with Crippen LogP contribution in [0.25, 0.3) is 17.3 Å². The zero-order chi connectivity index (χ0) is 24.7. The van der Waals surface area contributed by atoms with E-state index >= 15 is 0 Å². The number of carbonyl (C=O) groups is 1. The Kier molecular flexibility index (Phi) is 9.59. The minimum absolute atomic E-state index is 0.119. The lowest BCUT2D eigenvalue weighted by Gasteiger charge is -2.22. The third kappa shape index (κ3) is 7.97. The molecule has 1 aromatic carbocycles. The van der Waals surface area contributed by atoms with Gasteiger partial charge in [-0.25, -0.2) is 14.4 Å². The van der Waals surface area contributed by atoms with Gasteiger partial charge in [0.1, 0.15) is 5.82 Å². The lowest BCUT2D eigenvalue weighted by molar-refractivity contribution is -0.139. The van der Waals surface area contributed by atoms with E-state index < -0.39 is 41.5 Å². The quantitative estimate of drug-likeness (QED) is 0.412. The largest absolute Gasteiger partial charge is 0.771 e. The van der Waals surface area contributed by atoms with Gasteiger partial charge in [-0.05, 0) is 41.3 Å². The first-order valence-electron chi connectivity index (χ1n) is 10.2. The number of aliphatic hydroxyl groups excluding tert-OH is 2. The molecule has 0 spiro atoms. The molecule has 1 heterocycles. The van der Waals surface area contributed by atoms with Crippen molar-refractivity contribution in [2.24, 2.45) is 0 Å². The van der Waals surface area contributed by atoms with Crippen LogP contribution in [0.2, 0.25) is 0 Å². The fourth-order valence-electron chi connectivity index (χ4n) is 3.14. The van der Waals surface area contributed by atoms with Crippen molar-refractivity contribution in [2.75, 3.05) is 17.8 Å². The summed E-state index contributed by atoms with van der Waals surface area (Å²) >= 11 is -2.36. The standard InChI is InChI=1S/C22H28FN3O6S/c1-13(2)20-18(9-8-16(27)10-17(28)11-19(29)30)21(14-4-6-15(23)7-5-14)25-22(24-20)26(3)12-33(31)32/h4-9,13,16-17,27-28H,10-12H2,1-3H3,(H,29,30)(H,31,32)/p-1/t16-,17-/m1/s1.